The molecule has 0 saturated carbocycles. The minimum atomic E-state index is -0.670. The maximum atomic E-state index is 13.1. The molecule has 1 aliphatic rings. The molecule has 1 aromatic carbocycles. The van der Waals surface area contributed by atoms with E-state index in [-0.39, 0.29) is 17.4 Å². The van der Waals surface area contributed by atoms with E-state index >= 15 is 0 Å². The van der Waals surface area contributed by atoms with Crippen molar-refractivity contribution in [2.75, 3.05) is 27.2 Å². The predicted molar refractivity (Wildman–Crippen MR) is 123 cm³/mol. The van der Waals surface area contributed by atoms with Gasteiger partial charge >= 0.3 is 0 Å². The fraction of sp³-hybridized carbons (Fsp3) is 0.400. The minimum Gasteiger partial charge on any atom is -0.507 e. The Morgan fingerprint density at radius 2 is 1.88 bits per heavy atom. The van der Waals surface area contributed by atoms with Gasteiger partial charge in [-0.15, -0.1) is 0 Å². The lowest BCUT2D eigenvalue weighted by Gasteiger charge is -2.26. The average molecular weight is 438 g/mol. The Balaban J connectivity index is 2.06. The van der Waals surface area contributed by atoms with E-state index in [9.17, 15) is 14.7 Å². The largest absolute Gasteiger partial charge is 0.507 e. The Morgan fingerprint density at radius 1 is 1.19 bits per heavy atom. The number of aliphatic hydroxyl groups excluding tert-OH is 1. The SMILES string of the molecule is Cc1cc(OC(C)C)ccc1C(O)=C1C(=O)C(=O)N(CCCN(C)C)[C@@H]1c1ccncc1. The van der Waals surface area contributed by atoms with Crippen LogP contribution in [0.2, 0.25) is 0 Å². The van der Waals surface area contributed by atoms with Crippen molar-refractivity contribution < 1.29 is 19.4 Å². The Kier molecular flexibility index (Phi) is 7.30. The van der Waals surface area contributed by atoms with E-state index < -0.39 is 17.7 Å². The first-order valence-corrected chi connectivity index (χ1v) is 10.8. The number of hydrogen-bond donors (Lipinski definition) is 1. The summed E-state index contributed by atoms with van der Waals surface area (Å²) < 4.78 is 5.73. The number of hydrogen-bond acceptors (Lipinski definition) is 6. The summed E-state index contributed by atoms with van der Waals surface area (Å²) in [5.74, 6) is -0.752. The summed E-state index contributed by atoms with van der Waals surface area (Å²) in [5.41, 5.74) is 2.11. The highest BCUT2D eigenvalue weighted by Crippen LogP contribution is 2.40. The van der Waals surface area contributed by atoms with Crippen LogP contribution < -0.4 is 4.74 Å². The standard InChI is InChI=1S/C25H31N3O4/c1-16(2)32-19-7-8-20(17(3)15-19)23(29)21-22(18-9-11-26-12-10-18)28(25(31)24(21)30)14-6-13-27(4)5/h7-12,15-16,22,29H,6,13-14H2,1-5H3/t22-/m1/s1. The third-order valence-electron chi connectivity index (χ3n) is 5.39. The molecule has 3 rings (SSSR count). The van der Waals surface area contributed by atoms with Crippen molar-refractivity contribution in [3.05, 3.63) is 65.0 Å². The second-order valence-corrected chi connectivity index (χ2v) is 8.57. The summed E-state index contributed by atoms with van der Waals surface area (Å²) in [5, 5.41) is 11.2. The molecule has 7 nitrogen and oxygen atoms in total. The first-order chi connectivity index (χ1) is 15.2. The van der Waals surface area contributed by atoms with Crippen LogP contribution in [0.3, 0.4) is 0 Å². The van der Waals surface area contributed by atoms with Gasteiger partial charge in [-0.1, -0.05) is 0 Å². The number of aryl methyl sites for hydroxylation is 1. The zero-order valence-corrected chi connectivity index (χ0v) is 19.3. The molecule has 7 heteroatoms. The van der Waals surface area contributed by atoms with Crippen LogP contribution in [-0.4, -0.2) is 64.9 Å². The van der Waals surface area contributed by atoms with E-state index in [1.165, 1.54) is 0 Å². The van der Waals surface area contributed by atoms with Crippen molar-refractivity contribution in [1.29, 1.82) is 0 Å². The number of amides is 1. The molecule has 1 atom stereocenters. The van der Waals surface area contributed by atoms with Crippen LogP contribution in [-0.2, 0) is 9.59 Å². The third-order valence-corrected chi connectivity index (χ3v) is 5.39. The van der Waals surface area contributed by atoms with E-state index in [4.69, 9.17) is 4.74 Å². The van der Waals surface area contributed by atoms with Gasteiger partial charge in [0, 0.05) is 24.5 Å². The van der Waals surface area contributed by atoms with Crippen molar-refractivity contribution in [1.82, 2.24) is 14.8 Å². The molecule has 1 aromatic heterocycles. The first-order valence-electron chi connectivity index (χ1n) is 10.8. The lowest BCUT2D eigenvalue weighted by molar-refractivity contribution is -0.139. The normalized spacial score (nSPS) is 18.1. The number of pyridine rings is 1. The van der Waals surface area contributed by atoms with E-state index in [2.05, 4.69) is 4.98 Å². The van der Waals surface area contributed by atoms with Gasteiger partial charge < -0.3 is 19.6 Å². The molecule has 1 amide bonds. The molecule has 1 aliphatic heterocycles. The highest BCUT2D eigenvalue weighted by Gasteiger charge is 2.45. The number of carbonyl (C=O) groups is 2. The van der Waals surface area contributed by atoms with Crippen LogP contribution in [0.1, 0.15) is 43.0 Å². The summed E-state index contributed by atoms with van der Waals surface area (Å²) in [6.07, 6.45) is 3.98. The molecule has 170 valence electrons. The summed E-state index contributed by atoms with van der Waals surface area (Å²) in [7, 11) is 3.92. The third kappa shape index (κ3) is 4.99. The number of carbonyl (C=O) groups excluding carboxylic acids is 2. The molecule has 0 bridgehead atoms. The maximum Gasteiger partial charge on any atom is 0.295 e. The van der Waals surface area contributed by atoms with Crippen LogP contribution in [0.25, 0.3) is 5.76 Å². The lowest BCUT2D eigenvalue weighted by atomic mass is 9.94. The molecule has 1 fully saturated rings. The van der Waals surface area contributed by atoms with Crippen molar-refractivity contribution >= 4 is 17.4 Å². The highest BCUT2D eigenvalue weighted by atomic mass is 16.5. The molecular weight excluding hydrogens is 406 g/mol. The molecule has 0 unspecified atom stereocenters. The first kappa shape index (κ1) is 23.5. The number of ether oxygens (including phenoxy) is 1. The zero-order chi connectivity index (χ0) is 23.4. The maximum absolute atomic E-state index is 13.1. The van der Waals surface area contributed by atoms with E-state index in [1.54, 1.807) is 41.6 Å². The molecule has 0 spiro atoms. The minimum absolute atomic E-state index is 0.0213. The number of rotatable bonds is 8. The summed E-state index contributed by atoms with van der Waals surface area (Å²) in [6.45, 7) is 6.91. The monoisotopic (exact) mass is 437 g/mol. The van der Waals surface area contributed by atoms with Crippen LogP contribution >= 0.6 is 0 Å². The van der Waals surface area contributed by atoms with Crippen molar-refractivity contribution in [3.8, 4) is 5.75 Å². The van der Waals surface area contributed by atoms with Crippen LogP contribution in [0, 0.1) is 6.92 Å². The fourth-order valence-corrected chi connectivity index (χ4v) is 3.95. The van der Waals surface area contributed by atoms with Gasteiger partial charge in [-0.25, -0.2) is 0 Å². The Morgan fingerprint density at radius 3 is 2.47 bits per heavy atom. The molecule has 0 radical (unpaired) electrons. The van der Waals surface area contributed by atoms with Crippen LogP contribution in [0.4, 0.5) is 0 Å². The van der Waals surface area contributed by atoms with Crippen LogP contribution in [0.15, 0.2) is 48.3 Å². The van der Waals surface area contributed by atoms with E-state index in [0.29, 0.717) is 24.3 Å². The summed E-state index contributed by atoms with van der Waals surface area (Å²) >= 11 is 0. The summed E-state index contributed by atoms with van der Waals surface area (Å²) in [4.78, 5) is 33.7. The molecule has 1 saturated heterocycles. The average Bonchev–Trinajstić information content (AvgIpc) is 2.98. The highest BCUT2D eigenvalue weighted by molar-refractivity contribution is 6.46. The van der Waals surface area contributed by atoms with Gasteiger partial charge in [0.15, 0.2) is 0 Å². The molecular formula is C25H31N3O4. The lowest BCUT2D eigenvalue weighted by Crippen LogP contribution is -2.32. The number of aliphatic hydroxyl groups is 1. The van der Waals surface area contributed by atoms with Crippen molar-refractivity contribution in [3.63, 3.8) is 0 Å². The van der Waals surface area contributed by atoms with Gasteiger partial charge in [-0.05, 0) is 89.3 Å². The van der Waals surface area contributed by atoms with Gasteiger partial charge in [0.05, 0.1) is 17.7 Å². The number of likely N-dealkylation sites (tertiary alicyclic amines) is 1. The van der Waals surface area contributed by atoms with Gasteiger partial charge in [-0.2, -0.15) is 0 Å². The van der Waals surface area contributed by atoms with Gasteiger partial charge in [0.25, 0.3) is 11.7 Å². The number of Topliss-reactive ketones (excluding diaryl/α,β-unsaturated/α-hetero) is 1. The molecule has 2 heterocycles. The smallest absolute Gasteiger partial charge is 0.295 e. The molecule has 32 heavy (non-hydrogen) atoms. The topological polar surface area (TPSA) is 83.0 Å². The van der Waals surface area contributed by atoms with Crippen molar-refractivity contribution in [2.24, 2.45) is 0 Å². The summed E-state index contributed by atoms with van der Waals surface area (Å²) in [6, 6.07) is 8.20. The molecule has 0 aliphatic carbocycles. The zero-order valence-electron chi connectivity index (χ0n) is 19.3. The van der Waals surface area contributed by atoms with Gasteiger partial charge in [-0.3, -0.25) is 14.6 Å². The van der Waals surface area contributed by atoms with E-state index in [1.807, 2.05) is 45.8 Å². The number of aromatic nitrogens is 1. The quantitative estimate of drug-likeness (QED) is 0.386. The number of nitrogens with zero attached hydrogens (tertiary/aromatic N) is 3. The van der Waals surface area contributed by atoms with Crippen molar-refractivity contribution in [2.45, 2.75) is 39.3 Å². The predicted octanol–water partition coefficient (Wildman–Crippen LogP) is 3.55. The Hall–Kier alpha value is -3.19. The van der Waals surface area contributed by atoms with Gasteiger partial charge in [0.1, 0.15) is 11.5 Å². The fourth-order valence-electron chi connectivity index (χ4n) is 3.95. The Bertz CT molecular complexity index is 1020. The molecule has 1 N–H and O–H groups in total. The van der Waals surface area contributed by atoms with Gasteiger partial charge in [0.2, 0.25) is 0 Å². The second-order valence-electron chi connectivity index (χ2n) is 8.57. The number of benzene rings is 1. The second kappa shape index (κ2) is 9.96. The number of ketones is 1. The van der Waals surface area contributed by atoms with Crippen LogP contribution in [0.5, 0.6) is 5.75 Å². The molecule has 2 aromatic rings. The Labute approximate surface area is 189 Å². The van der Waals surface area contributed by atoms with E-state index in [0.717, 1.165) is 17.7 Å².